The molecular weight excluding hydrogens is 343 g/mol. The molecule has 0 spiro atoms. The summed E-state index contributed by atoms with van der Waals surface area (Å²) in [5.41, 5.74) is 5.52. The molecule has 0 fully saturated rings. The summed E-state index contributed by atoms with van der Waals surface area (Å²) in [6.45, 7) is 3.16. The SMILES string of the molecule is CCOC(=O)c1c(C)oc(NC(=O)/C=C/c2ccc(F)cc2)c1C(N)=O. The summed E-state index contributed by atoms with van der Waals surface area (Å²) in [6, 6.07) is 5.49. The molecule has 8 heteroatoms. The number of hydrogen-bond donors (Lipinski definition) is 2. The number of nitrogens with two attached hydrogens (primary N) is 1. The molecule has 1 heterocycles. The Hall–Kier alpha value is -3.42. The van der Waals surface area contributed by atoms with Crippen molar-refractivity contribution in [1.29, 1.82) is 0 Å². The molecule has 0 unspecified atom stereocenters. The highest BCUT2D eigenvalue weighted by atomic mass is 19.1. The molecule has 1 aromatic heterocycles. The van der Waals surface area contributed by atoms with Gasteiger partial charge in [-0.1, -0.05) is 12.1 Å². The van der Waals surface area contributed by atoms with Gasteiger partial charge in [0, 0.05) is 6.08 Å². The summed E-state index contributed by atoms with van der Waals surface area (Å²) >= 11 is 0. The fraction of sp³-hybridized carbons (Fsp3) is 0.167. The first kappa shape index (κ1) is 18.9. The molecule has 1 aromatic carbocycles. The lowest BCUT2D eigenvalue weighted by molar-refractivity contribution is -0.111. The van der Waals surface area contributed by atoms with Gasteiger partial charge in [-0.3, -0.25) is 14.9 Å². The number of esters is 1. The van der Waals surface area contributed by atoms with Crippen LogP contribution in [-0.2, 0) is 9.53 Å². The molecule has 26 heavy (non-hydrogen) atoms. The number of carbonyl (C=O) groups excluding carboxylic acids is 3. The maximum atomic E-state index is 12.9. The quantitative estimate of drug-likeness (QED) is 0.608. The first-order valence-electron chi connectivity index (χ1n) is 7.68. The first-order valence-corrected chi connectivity index (χ1v) is 7.68. The molecular formula is C18H17FN2O5. The van der Waals surface area contributed by atoms with Crippen LogP contribution in [-0.4, -0.2) is 24.4 Å². The number of benzene rings is 1. The van der Waals surface area contributed by atoms with Crippen LogP contribution in [0.25, 0.3) is 6.08 Å². The van der Waals surface area contributed by atoms with Gasteiger partial charge in [0.25, 0.3) is 11.8 Å². The molecule has 0 bridgehead atoms. The lowest BCUT2D eigenvalue weighted by Gasteiger charge is -2.03. The average Bonchev–Trinajstić information content (AvgIpc) is 2.90. The van der Waals surface area contributed by atoms with Gasteiger partial charge in [0.05, 0.1) is 6.61 Å². The van der Waals surface area contributed by atoms with Crippen LogP contribution < -0.4 is 11.1 Å². The van der Waals surface area contributed by atoms with Gasteiger partial charge in [0.2, 0.25) is 5.88 Å². The summed E-state index contributed by atoms with van der Waals surface area (Å²) in [7, 11) is 0. The molecule has 0 aliphatic carbocycles. The molecule has 3 N–H and O–H groups in total. The molecule has 136 valence electrons. The minimum atomic E-state index is -0.942. The lowest BCUT2D eigenvalue weighted by atomic mass is 10.1. The Kier molecular flexibility index (Phi) is 5.90. The topological polar surface area (TPSA) is 112 Å². The fourth-order valence-corrected chi connectivity index (χ4v) is 2.22. The van der Waals surface area contributed by atoms with E-state index in [2.05, 4.69) is 5.32 Å². The van der Waals surface area contributed by atoms with Gasteiger partial charge < -0.3 is 14.9 Å². The van der Waals surface area contributed by atoms with E-state index in [1.54, 1.807) is 6.92 Å². The highest BCUT2D eigenvalue weighted by molar-refractivity contribution is 6.12. The van der Waals surface area contributed by atoms with E-state index in [0.717, 1.165) is 0 Å². The Bertz CT molecular complexity index is 868. The zero-order chi connectivity index (χ0) is 19.3. The van der Waals surface area contributed by atoms with Gasteiger partial charge in [0.1, 0.15) is 22.7 Å². The Labute approximate surface area is 148 Å². The molecule has 0 radical (unpaired) electrons. The van der Waals surface area contributed by atoms with E-state index in [0.29, 0.717) is 5.56 Å². The number of ether oxygens (including phenoxy) is 1. The van der Waals surface area contributed by atoms with Crippen LogP contribution in [0.4, 0.5) is 10.3 Å². The van der Waals surface area contributed by atoms with Gasteiger partial charge in [-0.15, -0.1) is 0 Å². The Morgan fingerprint density at radius 3 is 2.46 bits per heavy atom. The van der Waals surface area contributed by atoms with Gasteiger partial charge in [-0.2, -0.15) is 0 Å². The molecule has 2 aromatic rings. The number of primary amides is 1. The van der Waals surface area contributed by atoms with E-state index >= 15 is 0 Å². The van der Waals surface area contributed by atoms with E-state index in [9.17, 15) is 18.8 Å². The van der Waals surface area contributed by atoms with Crippen molar-refractivity contribution in [2.45, 2.75) is 13.8 Å². The van der Waals surface area contributed by atoms with Crippen molar-refractivity contribution in [1.82, 2.24) is 0 Å². The predicted octanol–water partition coefficient (Wildman–Crippen LogP) is 2.65. The predicted molar refractivity (Wildman–Crippen MR) is 92.0 cm³/mol. The summed E-state index contributed by atoms with van der Waals surface area (Å²) in [5.74, 6) is -2.88. The lowest BCUT2D eigenvalue weighted by Crippen LogP contribution is -2.19. The zero-order valence-electron chi connectivity index (χ0n) is 14.2. The van der Waals surface area contributed by atoms with Crippen molar-refractivity contribution < 1.29 is 27.9 Å². The number of furan rings is 1. The normalized spacial score (nSPS) is 10.7. The van der Waals surface area contributed by atoms with Crippen LogP contribution >= 0.6 is 0 Å². The maximum absolute atomic E-state index is 12.9. The highest BCUT2D eigenvalue weighted by Gasteiger charge is 2.28. The number of amides is 2. The van der Waals surface area contributed by atoms with E-state index in [1.165, 1.54) is 43.3 Å². The Morgan fingerprint density at radius 2 is 1.88 bits per heavy atom. The number of halogens is 1. The fourth-order valence-electron chi connectivity index (χ4n) is 2.22. The number of rotatable bonds is 6. The second-order valence-corrected chi connectivity index (χ2v) is 5.20. The van der Waals surface area contributed by atoms with Gasteiger partial charge in [0.15, 0.2) is 0 Å². The zero-order valence-corrected chi connectivity index (χ0v) is 14.2. The van der Waals surface area contributed by atoms with Crippen molar-refractivity contribution in [3.63, 3.8) is 0 Å². The molecule has 0 aliphatic rings. The number of anilines is 1. The molecule has 2 amide bonds. The third kappa shape index (κ3) is 4.35. The summed E-state index contributed by atoms with van der Waals surface area (Å²) in [4.78, 5) is 35.7. The van der Waals surface area contributed by atoms with E-state index in [4.69, 9.17) is 14.9 Å². The molecule has 7 nitrogen and oxygen atoms in total. The Balaban J connectivity index is 2.24. The van der Waals surface area contributed by atoms with Crippen LogP contribution in [0.5, 0.6) is 0 Å². The summed E-state index contributed by atoms with van der Waals surface area (Å²) in [5, 5.41) is 2.36. The van der Waals surface area contributed by atoms with Crippen molar-refractivity contribution in [3.05, 3.63) is 58.6 Å². The van der Waals surface area contributed by atoms with Crippen molar-refractivity contribution in [3.8, 4) is 0 Å². The number of aryl methyl sites for hydroxylation is 1. The highest BCUT2D eigenvalue weighted by Crippen LogP contribution is 2.27. The monoisotopic (exact) mass is 360 g/mol. The van der Waals surface area contributed by atoms with Crippen molar-refractivity contribution >= 4 is 29.7 Å². The summed E-state index contributed by atoms with van der Waals surface area (Å²) in [6.07, 6.45) is 2.61. The van der Waals surface area contributed by atoms with E-state index < -0.39 is 23.6 Å². The third-order valence-corrected chi connectivity index (χ3v) is 3.34. The minimum Gasteiger partial charge on any atom is -0.462 e. The Morgan fingerprint density at radius 1 is 1.23 bits per heavy atom. The first-order chi connectivity index (χ1) is 12.3. The van der Waals surface area contributed by atoms with E-state index in [-0.39, 0.29) is 29.4 Å². The second kappa shape index (κ2) is 8.11. The molecule has 0 aliphatic heterocycles. The molecule has 0 saturated carbocycles. The van der Waals surface area contributed by atoms with Gasteiger partial charge in [-0.25, -0.2) is 9.18 Å². The van der Waals surface area contributed by atoms with Crippen LogP contribution in [0.3, 0.4) is 0 Å². The van der Waals surface area contributed by atoms with Crippen molar-refractivity contribution in [2.24, 2.45) is 5.73 Å². The second-order valence-electron chi connectivity index (χ2n) is 5.20. The van der Waals surface area contributed by atoms with Gasteiger partial charge >= 0.3 is 5.97 Å². The molecule has 0 atom stereocenters. The number of hydrogen-bond acceptors (Lipinski definition) is 5. The van der Waals surface area contributed by atoms with Gasteiger partial charge in [-0.05, 0) is 37.6 Å². The molecule has 2 rings (SSSR count). The molecule has 0 saturated heterocycles. The van der Waals surface area contributed by atoms with Crippen LogP contribution in [0.1, 0.15) is 39.0 Å². The van der Waals surface area contributed by atoms with Crippen LogP contribution in [0.15, 0.2) is 34.8 Å². The number of carbonyl (C=O) groups is 3. The largest absolute Gasteiger partial charge is 0.462 e. The minimum absolute atomic E-state index is 0.0927. The maximum Gasteiger partial charge on any atom is 0.342 e. The average molecular weight is 360 g/mol. The smallest absolute Gasteiger partial charge is 0.342 e. The van der Waals surface area contributed by atoms with Crippen molar-refractivity contribution in [2.75, 3.05) is 11.9 Å². The van der Waals surface area contributed by atoms with E-state index in [1.807, 2.05) is 0 Å². The standard InChI is InChI=1S/C18H17FN2O5/c1-3-25-18(24)14-10(2)26-17(15(14)16(20)23)21-13(22)9-6-11-4-7-12(19)8-5-11/h4-9H,3H2,1-2H3,(H2,20,23)(H,21,22)/b9-6+. The van der Waals surface area contributed by atoms with Crippen LogP contribution in [0.2, 0.25) is 0 Å². The third-order valence-electron chi connectivity index (χ3n) is 3.34. The summed E-state index contributed by atoms with van der Waals surface area (Å²) < 4.78 is 23.0. The van der Waals surface area contributed by atoms with Crippen LogP contribution in [0, 0.1) is 12.7 Å². The number of nitrogens with one attached hydrogen (secondary N) is 1.